The number of carbonyl (C=O) groups excluding carboxylic acids is 1. The van der Waals surface area contributed by atoms with Gasteiger partial charge < -0.3 is 24.5 Å². The average Bonchev–Trinajstić information content (AvgIpc) is 2.46. The molecule has 8 heteroatoms. The maximum Gasteiger partial charge on any atom is 0.311 e. The zero-order valence-electron chi connectivity index (χ0n) is 11.1. The Morgan fingerprint density at radius 1 is 1.14 bits per heavy atom. The van der Waals surface area contributed by atoms with Gasteiger partial charge in [-0.3, -0.25) is 10.1 Å². The van der Waals surface area contributed by atoms with Crippen molar-refractivity contribution in [2.24, 2.45) is 0 Å². The van der Waals surface area contributed by atoms with Gasteiger partial charge >= 0.3 is 5.69 Å². The molecule has 0 aromatic heterocycles. The minimum atomic E-state index is -1.35. The van der Waals surface area contributed by atoms with Crippen LogP contribution in [0, 0.1) is 10.1 Å². The molecule has 0 aliphatic carbocycles. The maximum atomic E-state index is 10.9. The van der Waals surface area contributed by atoms with Gasteiger partial charge in [-0.1, -0.05) is 0 Å². The Morgan fingerprint density at radius 3 is 2.36 bits per heavy atom. The van der Waals surface area contributed by atoms with Gasteiger partial charge in [-0.15, -0.1) is 0 Å². The smallest absolute Gasteiger partial charge is 0.311 e. The van der Waals surface area contributed by atoms with Gasteiger partial charge in [-0.05, 0) is 30.3 Å². The molecule has 2 rings (SSSR count). The Hall–Kier alpha value is -3.29. The number of aromatic hydroxyl groups is 1. The Balaban J connectivity index is 2.15. The summed E-state index contributed by atoms with van der Waals surface area (Å²) in [5, 5.41) is 30.5. The monoisotopic (exact) mass is 304 g/mol. The van der Waals surface area contributed by atoms with Crippen LogP contribution in [0.5, 0.6) is 23.0 Å². The molecule has 2 aromatic rings. The van der Waals surface area contributed by atoms with Gasteiger partial charge in [-0.2, -0.15) is 0 Å². The van der Waals surface area contributed by atoms with Gasteiger partial charge in [0.15, 0.2) is 0 Å². The van der Waals surface area contributed by atoms with E-state index in [1.807, 2.05) is 0 Å². The Kier molecular flexibility index (Phi) is 4.42. The van der Waals surface area contributed by atoms with Gasteiger partial charge in [-0.25, -0.2) is 0 Å². The molecule has 0 amide bonds. The molecule has 1 N–H and O–H groups in total. The summed E-state index contributed by atoms with van der Waals surface area (Å²) < 4.78 is 10.2. The molecule has 0 aliphatic rings. The zero-order valence-corrected chi connectivity index (χ0v) is 11.1. The topological polar surface area (TPSA) is 122 Å². The number of carboxylic acid groups (broad SMARTS) is 1. The minimum Gasteiger partial charge on any atom is -0.546 e. The van der Waals surface area contributed by atoms with Crippen molar-refractivity contribution in [1.82, 2.24) is 0 Å². The lowest BCUT2D eigenvalue weighted by molar-refractivity contribution is -0.385. The highest BCUT2D eigenvalue weighted by Crippen LogP contribution is 2.34. The number of hydrogen-bond donors (Lipinski definition) is 1. The number of hydrogen-bond acceptors (Lipinski definition) is 7. The number of aliphatic carboxylic acids is 1. The Morgan fingerprint density at radius 2 is 1.77 bits per heavy atom. The second kappa shape index (κ2) is 6.44. The summed E-state index contributed by atoms with van der Waals surface area (Å²) in [6.07, 6.45) is 0. The van der Waals surface area contributed by atoms with E-state index in [9.17, 15) is 25.1 Å². The fourth-order valence-electron chi connectivity index (χ4n) is 1.61. The van der Waals surface area contributed by atoms with E-state index < -0.39 is 17.5 Å². The SMILES string of the molecule is O=C([O-])COc1ccc(Oc2cc(O)ccc2[N+](=O)[O-])cc1. The van der Waals surface area contributed by atoms with Crippen molar-refractivity contribution in [3.63, 3.8) is 0 Å². The first-order valence-corrected chi connectivity index (χ1v) is 6.03. The predicted octanol–water partition coefficient (Wildman–Crippen LogP) is 1.22. The number of carbonyl (C=O) groups is 1. The van der Waals surface area contributed by atoms with Crippen molar-refractivity contribution in [3.05, 3.63) is 52.6 Å². The molecular weight excluding hydrogens is 294 g/mol. The Labute approximate surface area is 124 Å². The molecule has 0 aliphatic heterocycles. The molecule has 0 fully saturated rings. The zero-order chi connectivity index (χ0) is 16.1. The highest BCUT2D eigenvalue weighted by atomic mass is 16.6. The second-order valence-corrected chi connectivity index (χ2v) is 4.14. The molecule has 8 nitrogen and oxygen atoms in total. The van der Waals surface area contributed by atoms with E-state index in [2.05, 4.69) is 0 Å². The summed E-state index contributed by atoms with van der Waals surface area (Å²) in [5.41, 5.74) is -0.296. The largest absolute Gasteiger partial charge is 0.546 e. The van der Waals surface area contributed by atoms with Gasteiger partial charge in [0.25, 0.3) is 0 Å². The van der Waals surface area contributed by atoms with E-state index in [-0.39, 0.29) is 28.7 Å². The number of phenols is 1. The fraction of sp³-hybridized carbons (Fsp3) is 0.0714. The highest BCUT2D eigenvalue weighted by Gasteiger charge is 2.16. The van der Waals surface area contributed by atoms with Gasteiger partial charge in [0.05, 0.1) is 10.9 Å². The van der Waals surface area contributed by atoms with E-state index >= 15 is 0 Å². The van der Waals surface area contributed by atoms with Gasteiger partial charge in [0, 0.05) is 12.1 Å². The molecule has 0 heterocycles. The number of nitro benzene ring substituents is 1. The van der Waals surface area contributed by atoms with E-state index in [1.54, 1.807) is 0 Å². The van der Waals surface area contributed by atoms with Crippen LogP contribution in [0.4, 0.5) is 5.69 Å². The first kappa shape index (κ1) is 15.1. The number of nitro groups is 1. The molecule has 0 radical (unpaired) electrons. The summed E-state index contributed by atoms with van der Waals surface area (Å²) in [4.78, 5) is 20.5. The molecule has 0 saturated heterocycles. The van der Waals surface area contributed by atoms with Crippen LogP contribution in [0.1, 0.15) is 0 Å². The van der Waals surface area contributed by atoms with Crippen LogP contribution >= 0.6 is 0 Å². The first-order chi connectivity index (χ1) is 10.5. The summed E-state index contributed by atoms with van der Waals surface area (Å²) in [5.74, 6) is -1.10. The number of phenolic OH excluding ortho intramolecular Hbond substituents is 1. The molecule has 22 heavy (non-hydrogen) atoms. The third kappa shape index (κ3) is 3.85. The standard InChI is InChI=1S/C14H11NO7/c16-9-1-6-12(15(19)20)13(7-9)22-11-4-2-10(3-5-11)21-8-14(17)18/h1-7,16H,8H2,(H,17,18)/p-1. The molecule has 0 saturated carbocycles. The normalized spacial score (nSPS) is 10.0. The average molecular weight is 304 g/mol. The fourth-order valence-corrected chi connectivity index (χ4v) is 1.61. The molecule has 0 unspecified atom stereocenters. The van der Waals surface area contributed by atoms with Crippen LogP contribution in [-0.4, -0.2) is 22.6 Å². The quantitative estimate of drug-likeness (QED) is 0.628. The van der Waals surface area contributed by atoms with Crippen molar-refractivity contribution in [2.75, 3.05) is 6.61 Å². The molecule has 0 spiro atoms. The van der Waals surface area contributed by atoms with Crippen molar-refractivity contribution in [3.8, 4) is 23.0 Å². The number of ether oxygens (including phenoxy) is 2. The third-order valence-corrected chi connectivity index (χ3v) is 2.55. The lowest BCUT2D eigenvalue weighted by Crippen LogP contribution is -2.28. The van der Waals surface area contributed by atoms with E-state index in [4.69, 9.17) is 9.47 Å². The summed E-state index contributed by atoms with van der Waals surface area (Å²) in [7, 11) is 0. The number of carboxylic acids is 1. The van der Waals surface area contributed by atoms with E-state index in [1.165, 1.54) is 30.3 Å². The van der Waals surface area contributed by atoms with E-state index in [0.29, 0.717) is 0 Å². The maximum absolute atomic E-state index is 10.9. The van der Waals surface area contributed by atoms with Crippen molar-refractivity contribution in [1.29, 1.82) is 0 Å². The van der Waals surface area contributed by atoms with Crippen LogP contribution in [0.15, 0.2) is 42.5 Å². The van der Waals surface area contributed by atoms with Crippen LogP contribution in [0.25, 0.3) is 0 Å². The van der Waals surface area contributed by atoms with Gasteiger partial charge in [0.1, 0.15) is 23.9 Å². The minimum absolute atomic E-state index is 0.117. The van der Waals surface area contributed by atoms with Crippen molar-refractivity contribution in [2.45, 2.75) is 0 Å². The molecular formula is C14H10NO7-. The number of nitrogens with zero attached hydrogens (tertiary/aromatic N) is 1. The lowest BCUT2D eigenvalue weighted by atomic mass is 10.2. The lowest BCUT2D eigenvalue weighted by Gasteiger charge is -2.09. The van der Waals surface area contributed by atoms with E-state index in [0.717, 1.165) is 12.1 Å². The third-order valence-electron chi connectivity index (χ3n) is 2.55. The summed E-state index contributed by atoms with van der Waals surface area (Å²) in [6.45, 7) is -0.585. The van der Waals surface area contributed by atoms with Gasteiger partial charge in [0.2, 0.25) is 5.75 Å². The predicted molar refractivity (Wildman–Crippen MR) is 71.8 cm³/mol. The second-order valence-electron chi connectivity index (χ2n) is 4.14. The van der Waals surface area contributed by atoms with Crippen molar-refractivity contribution < 1.29 is 29.4 Å². The number of benzene rings is 2. The number of rotatable bonds is 6. The molecule has 0 bridgehead atoms. The van der Waals surface area contributed by atoms with Crippen LogP contribution in [-0.2, 0) is 4.79 Å². The molecule has 0 atom stereocenters. The van der Waals surface area contributed by atoms with Crippen LogP contribution in [0.3, 0.4) is 0 Å². The Bertz CT molecular complexity index is 697. The first-order valence-electron chi connectivity index (χ1n) is 6.03. The molecule has 114 valence electrons. The van der Waals surface area contributed by atoms with Crippen molar-refractivity contribution >= 4 is 11.7 Å². The van der Waals surface area contributed by atoms with Crippen LogP contribution in [0.2, 0.25) is 0 Å². The summed E-state index contributed by atoms with van der Waals surface area (Å²) in [6, 6.07) is 9.19. The highest BCUT2D eigenvalue weighted by molar-refractivity contribution is 5.66. The molecule has 2 aromatic carbocycles. The van der Waals surface area contributed by atoms with Crippen LogP contribution < -0.4 is 14.6 Å². The summed E-state index contributed by atoms with van der Waals surface area (Å²) >= 11 is 0.